The van der Waals surface area contributed by atoms with E-state index in [2.05, 4.69) is 26.5 Å². The molecule has 1 heterocycles. The molecule has 29 heavy (non-hydrogen) atoms. The molecule has 0 saturated heterocycles. The zero-order valence-corrected chi connectivity index (χ0v) is 18.6. The third-order valence-electron chi connectivity index (χ3n) is 4.42. The van der Waals surface area contributed by atoms with E-state index < -0.39 is 0 Å². The van der Waals surface area contributed by atoms with Crippen LogP contribution in [0.4, 0.5) is 5.82 Å². The predicted molar refractivity (Wildman–Crippen MR) is 120 cm³/mol. The third kappa shape index (κ3) is 6.85. The lowest BCUT2D eigenvalue weighted by Crippen LogP contribution is -2.45. The Balaban J connectivity index is 2.21. The molecule has 1 unspecified atom stereocenters. The van der Waals surface area contributed by atoms with Crippen molar-refractivity contribution in [3.05, 3.63) is 29.7 Å². The lowest BCUT2D eigenvalue weighted by molar-refractivity contribution is -0.121. The molecule has 0 saturated carbocycles. The van der Waals surface area contributed by atoms with E-state index in [9.17, 15) is 4.79 Å². The quantitative estimate of drug-likeness (QED) is 0.279. The van der Waals surface area contributed by atoms with Gasteiger partial charge in [-0.3, -0.25) is 10.2 Å². The Hall–Kier alpha value is -1.87. The van der Waals surface area contributed by atoms with Gasteiger partial charge in [-0.1, -0.05) is 17.8 Å². The molecule has 2 rings (SSSR count). The number of carbonyl (C=O) groups excluding carboxylic acids is 1. The standard InChI is InChI=1S/C20H30BN5O2S/c1-6-13(10-11-28-21)29-17(22)18-23-15-9-7-8-14(15)19(24-18)26(5)12-16(27)25-20(2,3)4/h6,13,22H,1,7-12H2,2-5H3,(H,25,27). The monoisotopic (exact) mass is 415 g/mol. The molecule has 1 aromatic rings. The molecule has 2 N–H and O–H groups in total. The predicted octanol–water partition coefficient (Wildman–Crippen LogP) is 2.42. The van der Waals surface area contributed by atoms with E-state index in [1.54, 1.807) is 6.08 Å². The van der Waals surface area contributed by atoms with Gasteiger partial charge in [-0.2, -0.15) is 0 Å². The van der Waals surface area contributed by atoms with Gasteiger partial charge in [0.25, 0.3) is 8.05 Å². The van der Waals surface area contributed by atoms with Gasteiger partial charge in [0.05, 0.1) is 6.54 Å². The molecule has 0 bridgehead atoms. The number of aryl methyl sites for hydroxylation is 1. The van der Waals surface area contributed by atoms with Crippen LogP contribution in [0, 0.1) is 5.41 Å². The van der Waals surface area contributed by atoms with Crippen molar-refractivity contribution in [2.24, 2.45) is 0 Å². The Kier molecular flexibility index (Phi) is 8.28. The summed E-state index contributed by atoms with van der Waals surface area (Å²) in [5.41, 5.74) is 1.76. The van der Waals surface area contributed by atoms with Crippen LogP contribution in [-0.2, 0) is 22.3 Å². The van der Waals surface area contributed by atoms with Gasteiger partial charge in [0.1, 0.15) is 10.9 Å². The average Bonchev–Trinajstić information content (AvgIpc) is 3.10. The van der Waals surface area contributed by atoms with Gasteiger partial charge < -0.3 is 14.9 Å². The highest BCUT2D eigenvalue weighted by atomic mass is 32.2. The minimum absolute atomic E-state index is 0.0124. The topological polar surface area (TPSA) is 91.2 Å². The van der Waals surface area contributed by atoms with E-state index in [0.29, 0.717) is 18.9 Å². The normalized spacial score (nSPS) is 14.2. The molecule has 1 amide bonds. The van der Waals surface area contributed by atoms with Crippen LogP contribution in [0.15, 0.2) is 12.7 Å². The Labute approximate surface area is 179 Å². The number of nitrogens with zero attached hydrogens (tertiary/aromatic N) is 3. The number of anilines is 1. The number of nitrogens with one attached hydrogen (secondary N) is 2. The van der Waals surface area contributed by atoms with Crippen LogP contribution in [0.2, 0.25) is 0 Å². The van der Waals surface area contributed by atoms with Crippen molar-refractivity contribution in [1.82, 2.24) is 15.3 Å². The second kappa shape index (κ2) is 10.3. The highest BCUT2D eigenvalue weighted by molar-refractivity contribution is 8.14. The molecule has 0 aromatic carbocycles. The molecule has 0 spiro atoms. The maximum atomic E-state index is 12.4. The van der Waals surface area contributed by atoms with E-state index in [0.717, 1.165) is 36.3 Å². The summed E-state index contributed by atoms with van der Waals surface area (Å²) in [6.45, 7) is 10.3. The summed E-state index contributed by atoms with van der Waals surface area (Å²) < 4.78 is 4.64. The first-order chi connectivity index (χ1) is 13.6. The molecule has 0 aliphatic heterocycles. The number of carbonyl (C=O) groups is 1. The average molecular weight is 415 g/mol. The van der Waals surface area contributed by atoms with Crippen molar-refractivity contribution in [3.63, 3.8) is 0 Å². The molecule has 1 aromatic heterocycles. The van der Waals surface area contributed by atoms with Crippen molar-refractivity contribution < 1.29 is 9.45 Å². The van der Waals surface area contributed by atoms with Crippen molar-refractivity contribution >= 4 is 36.6 Å². The Morgan fingerprint density at radius 2 is 2.17 bits per heavy atom. The highest BCUT2D eigenvalue weighted by Crippen LogP contribution is 2.30. The summed E-state index contributed by atoms with van der Waals surface area (Å²) in [6, 6.07) is 0. The van der Waals surface area contributed by atoms with Crippen LogP contribution in [0.1, 0.15) is 50.7 Å². The second-order valence-electron chi connectivity index (χ2n) is 8.18. The molecule has 2 radical (unpaired) electrons. The van der Waals surface area contributed by atoms with E-state index >= 15 is 0 Å². The van der Waals surface area contributed by atoms with Gasteiger partial charge in [0.2, 0.25) is 5.91 Å². The Morgan fingerprint density at radius 1 is 1.45 bits per heavy atom. The van der Waals surface area contributed by atoms with Crippen molar-refractivity contribution in [2.75, 3.05) is 25.1 Å². The van der Waals surface area contributed by atoms with Gasteiger partial charge in [0.15, 0.2) is 5.82 Å². The van der Waals surface area contributed by atoms with Crippen molar-refractivity contribution in [1.29, 1.82) is 5.41 Å². The Bertz CT molecular complexity index is 766. The van der Waals surface area contributed by atoms with Gasteiger partial charge in [-0.25, -0.2) is 9.97 Å². The van der Waals surface area contributed by atoms with Crippen LogP contribution in [0.25, 0.3) is 0 Å². The zero-order chi connectivity index (χ0) is 21.6. The van der Waals surface area contributed by atoms with E-state index in [1.165, 1.54) is 11.8 Å². The summed E-state index contributed by atoms with van der Waals surface area (Å²) in [5, 5.41) is 11.7. The summed E-state index contributed by atoms with van der Waals surface area (Å²) >= 11 is 1.33. The number of thioether (sulfide) groups is 1. The number of likely N-dealkylation sites (N-methyl/N-ethyl adjacent to an activating group) is 1. The SMILES string of the molecule is [B]OCCC(C=C)SC(=N)c1nc2c(c(N(C)CC(=O)NC(C)(C)C)n1)CCC2. The zero-order valence-electron chi connectivity index (χ0n) is 17.7. The molecule has 1 aliphatic carbocycles. The molecule has 156 valence electrons. The molecular weight excluding hydrogens is 385 g/mol. The highest BCUT2D eigenvalue weighted by Gasteiger charge is 2.25. The fraction of sp³-hybridized carbons (Fsp3) is 0.600. The van der Waals surface area contributed by atoms with Gasteiger partial charge in [0, 0.05) is 35.7 Å². The fourth-order valence-electron chi connectivity index (χ4n) is 3.19. The lowest BCUT2D eigenvalue weighted by Gasteiger charge is -2.25. The number of amides is 1. The molecule has 1 aliphatic rings. The first-order valence-corrected chi connectivity index (χ1v) is 10.6. The smallest absolute Gasteiger partial charge is 0.282 e. The minimum Gasteiger partial charge on any atom is -0.448 e. The van der Waals surface area contributed by atoms with E-state index in [-0.39, 0.29) is 28.3 Å². The van der Waals surface area contributed by atoms with Crippen LogP contribution >= 0.6 is 11.8 Å². The lowest BCUT2D eigenvalue weighted by atomic mass is 10.1. The largest absolute Gasteiger partial charge is 0.448 e. The maximum absolute atomic E-state index is 12.4. The van der Waals surface area contributed by atoms with Crippen LogP contribution < -0.4 is 10.2 Å². The number of rotatable bonds is 9. The molecular formula is C20H30BN5O2S. The number of fused-ring (bicyclic) bond motifs is 1. The van der Waals surface area contributed by atoms with Crippen molar-refractivity contribution in [2.45, 2.75) is 57.2 Å². The third-order valence-corrected chi connectivity index (χ3v) is 5.57. The fourth-order valence-corrected chi connectivity index (χ4v) is 4.00. The first kappa shape index (κ1) is 23.4. The number of aromatic nitrogens is 2. The summed E-state index contributed by atoms with van der Waals surface area (Å²) in [6.07, 6.45) is 5.18. The first-order valence-electron chi connectivity index (χ1n) is 9.76. The van der Waals surface area contributed by atoms with Gasteiger partial charge >= 0.3 is 0 Å². The Morgan fingerprint density at radius 3 is 2.79 bits per heavy atom. The maximum Gasteiger partial charge on any atom is 0.282 e. The minimum atomic E-state index is -0.289. The van der Waals surface area contributed by atoms with Crippen LogP contribution in [0.5, 0.6) is 0 Å². The number of hydrogen-bond acceptors (Lipinski definition) is 7. The summed E-state index contributed by atoms with van der Waals surface area (Å²) in [7, 11) is 6.96. The molecule has 1 atom stereocenters. The number of hydrogen-bond donors (Lipinski definition) is 2. The summed E-state index contributed by atoms with van der Waals surface area (Å²) in [4.78, 5) is 23.5. The summed E-state index contributed by atoms with van der Waals surface area (Å²) in [5.74, 6) is 1.05. The van der Waals surface area contributed by atoms with Gasteiger partial charge in [-0.05, 0) is 46.5 Å². The van der Waals surface area contributed by atoms with Gasteiger partial charge in [-0.15, -0.1) is 6.58 Å². The second-order valence-corrected chi connectivity index (χ2v) is 9.43. The van der Waals surface area contributed by atoms with Crippen LogP contribution in [0.3, 0.4) is 0 Å². The van der Waals surface area contributed by atoms with Crippen molar-refractivity contribution in [3.8, 4) is 0 Å². The molecule has 0 fully saturated rings. The molecule has 7 nitrogen and oxygen atoms in total. The van der Waals surface area contributed by atoms with E-state index in [4.69, 9.17) is 13.5 Å². The van der Waals surface area contributed by atoms with E-state index in [1.807, 2.05) is 32.7 Å². The molecule has 9 heteroatoms. The van der Waals surface area contributed by atoms with Crippen LogP contribution in [-0.4, -0.2) is 60.0 Å².